The van der Waals surface area contributed by atoms with Gasteiger partial charge >= 0.3 is 11.9 Å². The van der Waals surface area contributed by atoms with Crippen molar-refractivity contribution in [2.45, 2.75) is 70.6 Å². The van der Waals surface area contributed by atoms with Crippen molar-refractivity contribution in [3.63, 3.8) is 0 Å². The maximum atomic E-state index is 13.7. The number of allylic oxidation sites excluding steroid dienone is 4. The van der Waals surface area contributed by atoms with Gasteiger partial charge in [-0.3, -0.25) is 14.4 Å². The zero-order valence-corrected chi connectivity index (χ0v) is 30.0. The summed E-state index contributed by atoms with van der Waals surface area (Å²) < 4.78 is 24.1. The van der Waals surface area contributed by atoms with Gasteiger partial charge in [-0.1, -0.05) is 43.2 Å². The molecular weight excluding hydrogens is 664 g/mol. The molecule has 1 fully saturated rings. The number of ether oxygens (including phenoxy) is 4. The van der Waals surface area contributed by atoms with E-state index in [1.807, 2.05) is 53.5 Å². The normalized spacial score (nSPS) is 15.9. The lowest BCUT2D eigenvalue weighted by molar-refractivity contribution is -0.138. The Hall–Kier alpha value is -5.03. The number of carboxylic acids is 2. The van der Waals surface area contributed by atoms with Gasteiger partial charge in [0.1, 0.15) is 24.0 Å². The van der Waals surface area contributed by atoms with E-state index in [0.717, 1.165) is 74.7 Å². The first-order valence-corrected chi connectivity index (χ1v) is 18.3. The Morgan fingerprint density at radius 2 is 1.60 bits per heavy atom. The molecule has 0 spiro atoms. The molecule has 2 aliphatic heterocycles. The fourth-order valence-corrected chi connectivity index (χ4v) is 6.40. The second-order valence-corrected chi connectivity index (χ2v) is 13.3. The average molecular weight is 715 g/mol. The summed E-state index contributed by atoms with van der Waals surface area (Å²) in [4.78, 5) is 40.0. The molecule has 5 rings (SSSR count). The quantitative estimate of drug-likeness (QED) is 0.147. The predicted molar refractivity (Wildman–Crippen MR) is 197 cm³/mol. The molecule has 0 aromatic heterocycles. The number of carboxylic acid groups (broad SMARTS) is 2. The fourth-order valence-electron chi connectivity index (χ4n) is 6.40. The van der Waals surface area contributed by atoms with Crippen LogP contribution < -0.4 is 9.47 Å². The second kappa shape index (κ2) is 19.5. The number of hydrogen-bond acceptors (Lipinski definition) is 8. The maximum Gasteiger partial charge on any atom is 0.303 e. The highest BCUT2D eigenvalue weighted by molar-refractivity contribution is 5.95. The van der Waals surface area contributed by atoms with E-state index in [4.69, 9.17) is 24.1 Å². The van der Waals surface area contributed by atoms with Gasteiger partial charge in [-0.15, -0.1) is 0 Å². The Bertz CT molecular complexity index is 1680. The number of carbonyl (C=O) groups is 3. The van der Waals surface area contributed by atoms with Gasteiger partial charge in [0.05, 0.1) is 13.2 Å². The molecule has 52 heavy (non-hydrogen) atoms. The Morgan fingerprint density at radius 1 is 0.827 bits per heavy atom. The highest BCUT2D eigenvalue weighted by Crippen LogP contribution is 2.33. The van der Waals surface area contributed by atoms with Crippen molar-refractivity contribution >= 4 is 23.6 Å². The zero-order valence-electron chi connectivity index (χ0n) is 30.0. The van der Waals surface area contributed by atoms with E-state index in [2.05, 4.69) is 18.0 Å². The number of rotatable bonds is 19. The zero-order chi connectivity index (χ0) is 36.7. The van der Waals surface area contributed by atoms with Crippen molar-refractivity contribution in [1.82, 2.24) is 9.80 Å². The maximum absolute atomic E-state index is 13.7. The Morgan fingerprint density at radius 3 is 2.37 bits per heavy atom. The van der Waals surface area contributed by atoms with E-state index in [1.54, 1.807) is 12.5 Å². The molecule has 2 aromatic rings. The van der Waals surface area contributed by atoms with E-state index < -0.39 is 11.9 Å². The summed E-state index contributed by atoms with van der Waals surface area (Å²) in [5.41, 5.74) is 4.24. The van der Waals surface area contributed by atoms with Crippen LogP contribution in [0.2, 0.25) is 0 Å². The van der Waals surface area contributed by atoms with E-state index in [-0.39, 0.29) is 25.4 Å². The molecule has 11 nitrogen and oxygen atoms in total. The number of benzene rings is 2. The molecule has 0 atom stereocenters. The highest BCUT2D eigenvalue weighted by atomic mass is 16.5. The van der Waals surface area contributed by atoms with Gasteiger partial charge in [-0.2, -0.15) is 0 Å². The number of carbonyl (C=O) groups excluding carboxylic acids is 1. The van der Waals surface area contributed by atoms with E-state index in [9.17, 15) is 19.5 Å². The summed E-state index contributed by atoms with van der Waals surface area (Å²) in [6.45, 7) is 3.72. The lowest BCUT2D eigenvalue weighted by Crippen LogP contribution is -2.47. The third-order valence-corrected chi connectivity index (χ3v) is 9.35. The first kappa shape index (κ1) is 38.2. The minimum atomic E-state index is -0.874. The number of likely N-dealkylation sites (N-methyl/N-ethyl adjacent to an activating group) is 1. The molecule has 3 aliphatic rings. The first-order valence-electron chi connectivity index (χ1n) is 18.3. The Labute approximate surface area is 305 Å². The van der Waals surface area contributed by atoms with Crippen molar-refractivity contribution in [1.29, 1.82) is 0 Å². The van der Waals surface area contributed by atoms with Crippen LogP contribution in [0.3, 0.4) is 0 Å². The van der Waals surface area contributed by atoms with Crippen LogP contribution in [0.25, 0.3) is 5.76 Å². The molecule has 0 radical (unpaired) electrons. The van der Waals surface area contributed by atoms with Crippen LogP contribution in [-0.4, -0.2) is 84.3 Å². The van der Waals surface area contributed by atoms with Gasteiger partial charge in [0.15, 0.2) is 11.5 Å². The number of piperazine rings is 1. The van der Waals surface area contributed by atoms with Crippen LogP contribution in [0.1, 0.15) is 84.8 Å². The summed E-state index contributed by atoms with van der Waals surface area (Å²) in [6.07, 6.45) is 16.3. The largest absolute Gasteiger partial charge is 0.494 e. The monoisotopic (exact) mass is 714 g/mol. The van der Waals surface area contributed by atoms with Crippen LogP contribution >= 0.6 is 0 Å². The number of aryl methyl sites for hydroxylation is 1. The summed E-state index contributed by atoms with van der Waals surface area (Å²) in [5, 5.41) is 18.2. The number of hydrogen-bond donors (Lipinski definition) is 2. The van der Waals surface area contributed by atoms with Gasteiger partial charge in [-0.25, -0.2) is 0 Å². The fraction of sp³-hybridized carbons (Fsp3) is 0.439. The Kier molecular flexibility index (Phi) is 14.4. The first-order chi connectivity index (χ1) is 25.3. The standard InChI is InChI=1S/C41H50N2O9/c1-42-19-21-43(22-20-42)41(48)33-25-32(38-29-49-28-37(52-38)31-12-6-4-7-13-31)26-34(27-33)50-23-8-3-2-5-11-30-14-9-15-36(35(30)17-18-40(46)47)51-24-10-16-39(44)45/h4,6,9,12,14-15,25-29H,2-3,5,7-8,10-11,13,16-24H2,1H3,(H,44,45)(H,46,47). The lowest BCUT2D eigenvalue weighted by atomic mass is 9.97. The summed E-state index contributed by atoms with van der Waals surface area (Å²) >= 11 is 0. The molecule has 278 valence electrons. The summed E-state index contributed by atoms with van der Waals surface area (Å²) in [7, 11) is 2.06. The van der Waals surface area contributed by atoms with Gasteiger partial charge in [0.2, 0.25) is 0 Å². The molecule has 0 bridgehead atoms. The number of aliphatic carboxylic acids is 2. The van der Waals surface area contributed by atoms with Crippen molar-refractivity contribution < 1.29 is 43.5 Å². The SMILES string of the molecule is CN1CCN(C(=O)c2cc(OCCCCCCc3cccc(OCCCC(=O)O)c3CCC(=O)O)cc(C3=COC=C(C4=CC=CCC4)O3)c2)CC1. The average Bonchev–Trinajstić information content (AvgIpc) is 3.16. The Balaban J connectivity index is 1.17. The third-order valence-electron chi connectivity index (χ3n) is 9.35. The summed E-state index contributed by atoms with van der Waals surface area (Å²) in [6, 6.07) is 11.3. The minimum absolute atomic E-state index is 0.00625. The van der Waals surface area contributed by atoms with Gasteiger partial charge < -0.3 is 39.0 Å². The van der Waals surface area contributed by atoms with Crippen LogP contribution in [0.4, 0.5) is 0 Å². The minimum Gasteiger partial charge on any atom is -0.494 e. The molecule has 1 saturated heterocycles. The highest BCUT2D eigenvalue weighted by Gasteiger charge is 2.24. The van der Waals surface area contributed by atoms with Crippen LogP contribution in [0.15, 0.2) is 78.5 Å². The van der Waals surface area contributed by atoms with Crippen LogP contribution in [0.5, 0.6) is 11.5 Å². The van der Waals surface area contributed by atoms with Crippen molar-refractivity contribution in [2.24, 2.45) is 0 Å². The van der Waals surface area contributed by atoms with Crippen LogP contribution in [-0.2, 0) is 31.9 Å². The molecule has 2 aromatic carbocycles. The lowest BCUT2D eigenvalue weighted by Gasteiger charge is -2.32. The number of amides is 1. The number of unbranched alkanes of at least 4 members (excludes halogenated alkanes) is 3. The molecule has 0 saturated carbocycles. The molecular formula is C41H50N2O9. The van der Waals surface area contributed by atoms with E-state index >= 15 is 0 Å². The van der Waals surface area contributed by atoms with Gasteiger partial charge in [0, 0.05) is 50.1 Å². The topological polar surface area (TPSA) is 135 Å². The number of nitrogens with zero attached hydrogens (tertiary/aromatic N) is 2. The van der Waals surface area contributed by atoms with E-state index in [0.29, 0.717) is 66.7 Å². The van der Waals surface area contributed by atoms with Crippen molar-refractivity contribution in [3.05, 3.63) is 101 Å². The molecule has 11 heteroatoms. The predicted octanol–water partition coefficient (Wildman–Crippen LogP) is 6.98. The van der Waals surface area contributed by atoms with Gasteiger partial charge in [0.25, 0.3) is 5.91 Å². The third kappa shape index (κ3) is 11.5. The summed E-state index contributed by atoms with van der Waals surface area (Å²) in [5.74, 6) is 0.612. The van der Waals surface area contributed by atoms with Gasteiger partial charge in [-0.05, 0) is 93.0 Å². The van der Waals surface area contributed by atoms with Crippen molar-refractivity contribution in [2.75, 3.05) is 46.4 Å². The van der Waals surface area contributed by atoms with Crippen LogP contribution in [0, 0.1) is 0 Å². The molecule has 1 aliphatic carbocycles. The molecule has 2 N–H and O–H groups in total. The van der Waals surface area contributed by atoms with E-state index in [1.165, 1.54) is 0 Å². The molecule has 0 unspecified atom stereocenters. The molecule has 2 heterocycles. The molecule has 1 amide bonds. The second-order valence-electron chi connectivity index (χ2n) is 13.3. The smallest absolute Gasteiger partial charge is 0.303 e. The van der Waals surface area contributed by atoms with Crippen molar-refractivity contribution in [3.8, 4) is 11.5 Å².